The van der Waals surface area contributed by atoms with Crippen LogP contribution in [0, 0.1) is 6.92 Å². The van der Waals surface area contributed by atoms with Gasteiger partial charge in [-0.25, -0.2) is 9.78 Å². The standard InChI is InChI=1S/C14H18N2O4/c1-9-8-16(6-3-7-20-9)13(17)12-5-4-11(14(18)19)10(2)15-12/h4-5,9H,3,6-8H2,1-2H3,(H,18,19). The van der Waals surface area contributed by atoms with Crippen LogP contribution in [0.1, 0.15) is 39.9 Å². The van der Waals surface area contributed by atoms with Crippen molar-refractivity contribution in [3.8, 4) is 0 Å². The minimum absolute atomic E-state index is 0.000778. The fourth-order valence-electron chi connectivity index (χ4n) is 2.25. The Morgan fingerprint density at radius 2 is 2.20 bits per heavy atom. The number of ether oxygens (including phenoxy) is 1. The van der Waals surface area contributed by atoms with Gasteiger partial charge in [0.1, 0.15) is 5.69 Å². The van der Waals surface area contributed by atoms with Gasteiger partial charge < -0.3 is 14.7 Å². The maximum atomic E-state index is 12.4. The van der Waals surface area contributed by atoms with Gasteiger partial charge in [-0.1, -0.05) is 0 Å². The van der Waals surface area contributed by atoms with Crippen LogP contribution in [-0.4, -0.2) is 52.7 Å². The monoisotopic (exact) mass is 278 g/mol. The Hall–Kier alpha value is -1.95. The number of aromatic carboxylic acids is 1. The van der Waals surface area contributed by atoms with Crippen LogP contribution in [0.2, 0.25) is 0 Å². The molecule has 1 aromatic rings. The van der Waals surface area contributed by atoms with Crippen molar-refractivity contribution in [1.29, 1.82) is 0 Å². The van der Waals surface area contributed by atoms with Gasteiger partial charge >= 0.3 is 5.97 Å². The highest BCUT2D eigenvalue weighted by molar-refractivity contribution is 5.94. The van der Waals surface area contributed by atoms with Crippen molar-refractivity contribution in [2.45, 2.75) is 26.4 Å². The Kier molecular flexibility index (Phi) is 4.34. The van der Waals surface area contributed by atoms with E-state index < -0.39 is 5.97 Å². The molecule has 1 atom stereocenters. The first-order chi connectivity index (χ1) is 9.49. The molecule has 0 aliphatic carbocycles. The number of carboxylic acids is 1. The largest absolute Gasteiger partial charge is 0.478 e. The van der Waals surface area contributed by atoms with Gasteiger partial charge in [0.2, 0.25) is 0 Å². The van der Waals surface area contributed by atoms with E-state index in [1.807, 2.05) is 6.92 Å². The van der Waals surface area contributed by atoms with Crippen LogP contribution in [0.5, 0.6) is 0 Å². The van der Waals surface area contributed by atoms with E-state index in [0.29, 0.717) is 25.4 Å². The number of hydrogen-bond acceptors (Lipinski definition) is 4. The minimum atomic E-state index is -1.04. The van der Waals surface area contributed by atoms with E-state index in [2.05, 4.69) is 4.98 Å². The highest BCUT2D eigenvalue weighted by atomic mass is 16.5. The Balaban J connectivity index is 2.20. The van der Waals surface area contributed by atoms with Gasteiger partial charge in [-0.2, -0.15) is 0 Å². The number of carboxylic acid groups (broad SMARTS) is 1. The Morgan fingerprint density at radius 3 is 2.85 bits per heavy atom. The molecule has 6 nitrogen and oxygen atoms in total. The number of rotatable bonds is 2. The molecule has 0 spiro atoms. The molecule has 1 saturated heterocycles. The van der Waals surface area contributed by atoms with Crippen LogP contribution in [0.15, 0.2) is 12.1 Å². The lowest BCUT2D eigenvalue weighted by Gasteiger charge is -2.21. The van der Waals surface area contributed by atoms with E-state index in [1.54, 1.807) is 11.8 Å². The van der Waals surface area contributed by atoms with E-state index in [1.165, 1.54) is 12.1 Å². The first kappa shape index (κ1) is 14.5. The lowest BCUT2D eigenvalue weighted by molar-refractivity contribution is 0.0559. The minimum Gasteiger partial charge on any atom is -0.478 e. The topological polar surface area (TPSA) is 79.7 Å². The SMILES string of the molecule is Cc1nc(C(=O)N2CCCOC(C)C2)ccc1C(=O)O. The van der Waals surface area contributed by atoms with E-state index in [0.717, 1.165) is 6.42 Å². The third kappa shape index (κ3) is 3.14. The molecule has 6 heteroatoms. The van der Waals surface area contributed by atoms with Crippen LogP contribution in [-0.2, 0) is 4.74 Å². The molecule has 1 N–H and O–H groups in total. The number of carbonyl (C=O) groups is 2. The van der Waals surface area contributed by atoms with Gasteiger partial charge in [0.05, 0.1) is 17.4 Å². The summed E-state index contributed by atoms with van der Waals surface area (Å²) in [6.45, 7) is 5.33. The van der Waals surface area contributed by atoms with Crippen LogP contribution >= 0.6 is 0 Å². The van der Waals surface area contributed by atoms with E-state index in [-0.39, 0.29) is 23.3 Å². The van der Waals surface area contributed by atoms with E-state index in [4.69, 9.17) is 9.84 Å². The number of aromatic nitrogens is 1. The molecule has 1 aromatic heterocycles. The highest BCUT2D eigenvalue weighted by Crippen LogP contribution is 2.12. The molecule has 1 fully saturated rings. The average molecular weight is 278 g/mol. The summed E-state index contributed by atoms with van der Waals surface area (Å²) in [5.41, 5.74) is 0.748. The highest BCUT2D eigenvalue weighted by Gasteiger charge is 2.22. The van der Waals surface area contributed by atoms with Crippen molar-refractivity contribution in [3.05, 3.63) is 29.1 Å². The number of amides is 1. The van der Waals surface area contributed by atoms with Crippen molar-refractivity contribution >= 4 is 11.9 Å². The van der Waals surface area contributed by atoms with Crippen molar-refractivity contribution in [2.75, 3.05) is 19.7 Å². The van der Waals surface area contributed by atoms with Gasteiger partial charge in [0, 0.05) is 19.7 Å². The normalized spacial score (nSPS) is 19.5. The molecule has 20 heavy (non-hydrogen) atoms. The predicted molar refractivity (Wildman–Crippen MR) is 71.9 cm³/mol. The van der Waals surface area contributed by atoms with Crippen molar-refractivity contribution in [2.24, 2.45) is 0 Å². The zero-order chi connectivity index (χ0) is 14.7. The number of hydrogen-bond donors (Lipinski definition) is 1. The first-order valence-corrected chi connectivity index (χ1v) is 6.61. The second kappa shape index (κ2) is 6.00. The molecule has 0 saturated carbocycles. The van der Waals surface area contributed by atoms with Crippen molar-refractivity contribution in [1.82, 2.24) is 9.88 Å². The van der Waals surface area contributed by atoms with Crippen LogP contribution < -0.4 is 0 Å². The molecule has 1 unspecified atom stereocenters. The maximum absolute atomic E-state index is 12.4. The molecular formula is C14H18N2O4. The van der Waals surface area contributed by atoms with E-state index >= 15 is 0 Å². The molecular weight excluding hydrogens is 260 g/mol. The summed E-state index contributed by atoms with van der Waals surface area (Å²) in [7, 11) is 0. The van der Waals surface area contributed by atoms with Crippen LogP contribution in [0.3, 0.4) is 0 Å². The number of aryl methyl sites for hydroxylation is 1. The van der Waals surface area contributed by atoms with Crippen molar-refractivity contribution < 1.29 is 19.4 Å². The van der Waals surface area contributed by atoms with Gasteiger partial charge in [-0.15, -0.1) is 0 Å². The molecule has 0 bridgehead atoms. The first-order valence-electron chi connectivity index (χ1n) is 6.61. The summed E-state index contributed by atoms with van der Waals surface area (Å²) in [5, 5.41) is 8.96. The Morgan fingerprint density at radius 1 is 1.45 bits per heavy atom. The Labute approximate surface area is 117 Å². The van der Waals surface area contributed by atoms with Gasteiger partial charge in [0.25, 0.3) is 5.91 Å². The Bertz CT molecular complexity index is 530. The molecule has 108 valence electrons. The summed E-state index contributed by atoms with van der Waals surface area (Å²) < 4.78 is 5.50. The second-order valence-corrected chi connectivity index (χ2v) is 4.92. The summed E-state index contributed by atoms with van der Waals surface area (Å²) in [6.07, 6.45) is 0.795. The summed E-state index contributed by atoms with van der Waals surface area (Å²) >= 11 is 0. The molecule has 1 aliphatic rings. The van der Waals surface area contributed by atoms with Crippen LogP contribution in [0.25, 0.3) is 0 Å². The molecule has 1 aliphatic heterocycles. The lowest BCUT2D eigenvalue weighted by atomic mass is 10.1. The third-order valence-electron chi connectivity index (χ3n) is 3.27. The smallest absolute Gasteiger partial charge is 0.337 e. The average Bonchev–Trinajstić information content (AvgIpc) is 2.62. The van der Waals surface area contributed by atoms with Gasteiger partial charge in [-0.05, 0) is 32.4 Å². The zero-order valence-electron chi connectivity index (χ0n) is 11.6. The molecule has 1 amide bonds. The maximum Gasteiger partial charge on any atom is 0.337 e. The van der Waals surface area contributed by atoms with E-state index in [9.17, 15) is 9.59 Å². The summed E-state index contributed by atoms with van der Waals surface area (Å²) in [5.74, 6) is -1.21. The molecule has 2 rings (SSSR count). The second-order valence-electron chi connectivity index (χ2n) is 4.92. The van der Waals surface area contributed by atoms with Crippen LogP contribution in [0.4, 0.5) is 0 Å². The number of nitrogens with zero attached hydrogens (tertiary/aromatic N) is 2. The zero-order valence-corrected chi connectivity index (χ0v) is 11.6. The fourth-order valence-corrected chi connectivity index (χ4v) is 2.25. The number of carbonyl (C=O) groups excluding carboxylic acids is 1. The van der Waals surface area contributed by atoms with Gasteiger partial charge in [0.15, 0.2) is 0 Å². The molecule has 0 aromatic carbocycles. The molecule has 0 radical (unpaired) electrons. The van der Waals surface area contributed by atoms with Crippen molar-refractivity contribution in [3.63, 3.8) is 0 Å². The number of pyridine rings is 1. The predicted octanol–water partition coefficient (Wildman–Crippen LogP) is 1.34. The summed E-state index contributed by atoms with van der Waals surface area (Å²) in [4.78, 5) is 29.2. The lowest BCUT2D eigenvalue weighted by Crippen LogP contribution is -2.36. The van der Waals surface area contributed by atoms with Gasteiger partial charge in [-0.3, -0.25) is 4.79 Å². The quantitative estimate of drug-likeness (QED) is 0.883. The third-order valence-corrected chi connectivity index (χ3v) is 3.27. The fraction of sp³-hybridized carbons (Fsp3) is 0.500. The summed E-state index contributed by atoms with van der Waals surface area (Å²) in [6, 6.07) is 2.89. The molecule has 2 heterocycles.